The molecule has 2 fully saturated rings. The van der Waals surface area contributed by atoms with Crippen molar-refractivity contribution in [2.45, 2.75) is 40.0 Å². The Morgan fingerprint density at radius 1 is 1.20 bits per heavy atom. The highest BCUT2D eigenvalue weighted by Crippen LogP contribution is 2.66. The molecule has 2 saturated carbocycles. The van der Waals surface area contributed by atoms with Crippen LogP contribution >= 0.6 is 0 Å². The van der Waals surface area contributed by atoms with Crippen molar-refractivity contribution in [3.05, 3.63) is 0 Å². The maximum absolute atomic E-state index is 2.45. The minimum Gasteiger partial charge on any atom is -0.0622 e. The van der Waals surface area contributed by atoms with Crippen molar-refractivity contribution in [1.82, 2.24) is 0 Å². The van der Waals surface area contributed by atoms with E-state index in [1.54, 1.807) is 0 Å². The molecule has 10 heavy (non-hydrogen) atoms. The molecule has 0 radical (unpaired) electrons. The van der Waals surface area contributed by atoms with Gasteiger partial charge in [-0.25, -0.2) is 0 Å². The van der Waals surface area contributed by atoms with Crippen LogP contribution in [0.1, 0.15) is 40.0 Å². The molecule has 3 unspecified atom stereocenters. The summed E-state index contributed by atoms with van der Waals surface area (Å²) in [5.74, 6) is 3.20. The zero-order valence-corrected chi connectivity index (χ0v) is 7.35. The van der Waals surface area contributed by atoms with Crippen LogP contribution in [0.4, 0.5) is 0 Å². The molecule has 0 aromatic heterocycles. The molecule has 2 aliphatic carbocycles. The summed E-state index contributed by atoms with van der Waals surface area (Å²) in [6.07, 6.45) is 4.50. The predicted molar refractivity (Wildman–Crippen MR) is 43.8 cm³/mol. The fourth-order valence-corrected chi connectivity index (χ4v) is 3.31. The molecule has 3 atom stereocenters. The highest BCUT2D eigenvalue weighted by atomic mass is 14.6. The first-order chi connectivity index (χ1) is 4.64. The van der Waals surface area contributed by atoms with Gasteiger partial charge in [0.15, 0.2) is 0 Å². The van der Waals surface area contributed by atoms with Gasteiger partial charge in [0.2, 0.25) is 0 Å². The van der Waals surface area contributed by atoms with E-state index in [1.165, 1.54) is 19.3 Å². The van der Waals surface area contributed by atoms with E-state index in [-0.39, 0.29) is 0 Å². The van der Waals surface area contributed by atoms with E-state index in [0.717, 1.165) is 23.2 Å². The third kappa shape index (κ3) is 0.681. The molecule has 0 bridgehead atoms. The molecule has 0 saturated heterocycles. The summed E-state index contributed by atoms with van der Waals surface area (Å²) >= 11 is 0. The summed E-state index contributed by atoms with van der Waals surface area (Å²) in [6.45, 7) is 7.33. The molecule has 0 heterocycles. The Morgan fingerprint density at radius 2 is 1.90 bits per heavy atom. The monoisotopic (exact) mass is 138 g/mol. The van der Waals surface area contributed by atoms with Gasteiger partial charge in [-0.15, -0.1) is 0 Å². The van der Waals surface area contributed by atoms with Gasteiger partial charge < -0.3 is 0 Å². The van der Waals surface area contributed by atoms with Crippen molar-refractivity contribution in [1.29, 1.82) is 0 Å². The minimum absolute atomic E-state index is 0.718. The van der Waals surface area contributed by atoms with Gasteiger partial charge in [0.1, 0.15) is 0 Å². The van der Waals surface area contributed by atoms with Crippen LogP contribution in [-0.2, 0) is 0 Å². The Balaban J connectivity index is 2.11. The van der Waals surface area contributed by atoms with Gasteiger partial charge >= 0.3 is 0 Å². The lowest BCUT2D eigenvalue weighted by atomic mass is 9.90. The summed E-state index contributed by atoms with van der Waals surface area (Å²) in [6, 6.07) is 0. The first kappa shape index (κ1) is 6.69. The Morgan fingerprint density at radius 3 is 2.40 bits per heavy atom. The fourth-order valence-electron chi connectivity index (χ4n) is 3.31. The number of hydrogen-bond donors (Lipinski definition) is 0. The van der Waals surface area contributed by atoms with Crippen LogP contribution in [0.2, 0.25) is 0 Å². The van der Waals surface area contributed by atoms with Crippen LogP contribution < -0.4 is 0 Å². The Kier molecular flexibility index (Phi) is 1.19. The Labute approximate surface area is 64.0 Å². The normalized spacial score (nSPS) is 50.1. The summed E-state index contributed by atoms with van der Waals surface area (Å²) in [4.78, 5) is 0. The quantitative estimate of drug-likeness (QED) is 0.482. The van der Waals surface area contributed by atoms with Crippen molar-refractivity contribution in [2.24, 2.45) is 23.2 Å². The molecule has 2 rings (SSSR count). The smallest absolute Gasteiger partial charge is 0.0289 e. The largest absolute Gasteiger partial charge is 0.0622 e. The van der Waals surface area contributed by atoms with Crippen LogP contribution in [-0.4, -0.2) is 0 Å². The van der Waals surface area contributed by atoms with E-state index in [0.29, 0.717) is 0 Å². The summed E-state index contributed by atoms with van der Waals surface area (Å²) in [5, 5.41) is 0. The van der Waals surface area contributed by atoms with E-state index in [4.69, 9.17) is 0 Å². The maximum Gasteiger partial charge on any atom is -0.0289 e. The lowest BCUT2D eigenvalue weighted by Crippen LogP contribution is -2.05. The number of hydrogen-bond acceptors (Lipinski definition) is 0. The van der Waals surface area contributed by atoms with Crippen molar-refractivity contribution < 1.29 is 0 Å². The maximum atomic E-state index is 2.45. The average molecular weight is 138 g/mol. The number of fused-ring (bicyclic) bond motifs is 1. The van der Waals surface area contributed by atoms with Gasteiger partial charge in [-0.3, -0.25) is 0 Å². The van der Waals surface area contributed by atoms with Crippen molar-refractivity contribution in [3.63, 3.8) is 0 Å². The summed E-state index contributed by atoms with van der Waals surface area (Å²) in [5.41, 5.74) is 0.718. The zero-order chi connectivity index (χ0) is 7.35. The lowest BCUT2D eigenvalue weighted by molar-refractivity contribution is 0.354. The van der Waals surface area contributed by atoms with Crippen molar-refractivity contribution in [2.75, 3.05) is 0 Å². The van der Waals surface area contributed by atoms with Gasteiger partial charge in [-0.1, -0.05) is 33.6 Å². The minimum atomic E-state index is 0.718. The first-order valence-corrected chi connectivity index (χ1v) is 4.64. The molecule has 2 aliphatic rings. The van der Waals surface area contributed by atoms with Crippen LogP contribution in [0, 0.1) is 23.2 Å². The Bertz CT molecular complexity index is 146. The van der Waals surface area contributed by atoms with Crippen LogP contribution in [0.5, 0.6) is 0 Å². The topological polar surface area (TPSA) is 0 Å². The third-order valence-corrected chi connectivity index (χ3v) is 3.93. The van der Waals surface area contributed by atoms with Gasteiger partial charge in [-0.05, 0) is 29.6 Å². The second-order valence-electron chi connectivity index (χ2n) is 4.86. The van der Waals surface area contributed by atoms with Gasteiger partial charge in [0.25, 0.3) is 0 Å². The molecule has 0 nitrogen and oxygen atoms in total. The highest BCUT2D eigenvalue weighted by Gasteiger charge is 2.60. The second kappa shape index (κ2) is 1.78. The SMILES string of the molecule is CC1CCCC2C1C2(C)C. The fraction of sp³-hybridized carbons (Fsp3) is 1.00. The highest BCUT2D eigenvalue weighted by molar-refractivity contribution is 5.08. The molecule has 0 amide bonds. The zero-order valence-electron chi connectivity index (χ0n) is 7.35. The molecule has 58 valence electrons. The lowest BCUT2D eigenvalue weighted by Gasteiger charge is -2.15. The molecule has 0 aliphatic heterocycles. The molecular formula is C10H18. The van der Waals surface area contributed by atoms with Gasteiger partial charge in [0.05, 0.1) is 0 Å². The molecular weight excluding hydrogens is 120 g/mol. The molecule has 0 spiro atoms. The van der Waals surface area contributed by atoms with Crippen LogP contribution in [0.25, 0.3) is 0 Å². The van der Waals surface area contributed by atoms with Crippen molar-refractivity contribution in [3.8, 4) is 0 Å². The van der Waals surface area contributed by atoms with Crippen LogP contribution in [0.3, 0.4) is 0 Å². The summed E-state index contributed by atoms with van der Waals surface area (Å²) < 4.78 is 0. The molecule has 0 N–H and O–H groups in total. The van der Waals surface area contributed by atoms with E-state index in [1.807, 2.05) is 0 Å². The van der Waals surface area contributed by atoms with Crippen molar-refractivity contribution >= 4 is 0 Å². The molecule has 0 aromatic rings. The van der Waals surface area contributed by atoms with E-state index in [9.17, 15) is 0 Å². The standard InChI is InChI=1S/C10H18/c1-7-5-4-6-8-9(7)10(8,2)3/h7-9H,4-6H2,1-3H3. The molecule has 0 heteroatoms. The van der Waals surface area contributed by atoms with E-state index >= 15 is 0 Å². The first-order valence-electron chi connectivity index (χ1n) is 4.64. The predicted octanol–water partition coefficient (Wildman–Crippen LogP) is 3.08. The number of rotatable bonds is 0. The van der Waals surface area contributed by atoms with Gasteiger partial charge in [0, 0.05) is 0 Å². The van der Waals surface area contributed by atoms with Crippen LogP contribution in [0.15, 0.2) is 0 Å². The third-order valence-electron chi connectivity index (χ3n) is 3.93. The summed E-state index contributed by atoms with van der Waals surface area (Å²) in [7, 11) is 0. The van der Waals surface area contributed by atoms with Gasteiger partial charge in [-0.2, -0.15) is 0 Å². The average Bonchev–Trinajstić information content (AvgIpc) is 2.38. The van der Waals surface area contributed by atoms with E-state index < -0.39 is 0 Å². The van der Waals surface area contributed by atoms with E-state index in [2.05, 4.69) is 20.8 Å². The molecule has 0 aromatic carbocycles. The second-order valence-corrected chi connectivity index (χ2v) is 4.86. The Hall–Kier alpha value is 0.